The van der Waals surface area contributed by atoms with Crippen molar-refractivity contribution < 1.29 is 4.79 Å². The van der Waals surface area contributed by atoms with Gasteiger partial charge in [0.15, 0.2) is 0 Å². The first-order chi connectivity index (χ1) is 15.2. The number of benzene rings is 2. The molecule has 162 valence electrons. The number of carbonyl (C=O) groups is 1. The second-order valence-electron chi connectivity index (χ2n) is 8.88. The molecule has 1 unspecified atom stereocenters. The first-order valence-corrected chi connectivity index (χ1v) is 11.7. The molecular formula is C28H34N2O. The average Bonchev–Trinajstić information content (AvgIpc) is 2.82. The van der Waals surface area contributed by atoms with Gasteiger partial charge in [0.25, 0.3) is 0 Å². The van der Waals surface area contributed by atoms with Gasteiger partial charge in [0.1, 0.15) is 0 Å². The van der Waals surface area contributed by atoms with Crippen LogP contribution in [0.4, 0.5) is 0 Å². The number of carbonyl (C=O) groups excluding carboxylic acids is 1. The van der Waals surface area contributed by atoms with Crippen LogP contribution in [0.15, 0.2) is 84.5 Å². The molecule has 4 rings (SSSR count). The number of amides is 1. The number of nitrogens with one attached hydrogen (secondary N) is 1. The van der Waals surface area contributed by atoms with Crippen molar-refractivity contribution in [3.63, 3.8) is 0 Å². The van der Waals surface area contributed by atoms with Crippen LogP contribution in [0.25, 0.3) is 0 Å². The maximum absolute atomic E-state index is 12.7. The van der Waals surface area contributed by atoms with Crippen molar-refractivity contribution >= 4 is 5.91 Å². The van der Waals surface area contributed by atoms with Gasteiger partial charge in [-0.1, -0.05) is 84.5 Å². The minimum Gasteiger partial charge on any atom is -0.352 e. The summed E-state index contributed by atoms with van der Waals surface area (Å²) >= 11 is 0. The SMILES string of the molecule is CC1=CCC=CC1C(=O)NC1CCN(CCC(c2ccccc2)c2ccccc2)CC1. The quantitative estimate of drug-likeness (QED) is 0.623. The summed E-state index contributed by atoms with van der Waals surface area (Å²) in [6.07, 6.45) is 10.4. The number of hydrogen-bond donors (Lipinski definition) is 1. The first kappa shape index (κ1) is 21.6. The number of allylic oxidation sites excluding steroid dienone is 2. The van der Waals surface area contributed by atoms with E-state index in [9.17, 15) is 4.79 Å². The molecule has 0 saturated carbocycles. The Labute approximate surface area is 186 Å². The zero-order valence-corrected chi connectivity index (χ0v) is 18.5. The molecule has 0 spiro atoms. The number of piperidine rings is 1. The summed E-state index contributed by atoms with van der Waals surface area (Å²) in [5, 5.41) is 3.30. The van der Waals surface area contributed by atoms with Crippen molar-refractivity contribution in [3.05, 3.63) is 95.6 Å². The van der Waals surface area contributed by atoms with Crippen molar-refractivity contribution in [3.8, 4) is 0 Å². The average molecular weight is 415 g/mol. The van der Waals surface area contributed by atoms with Crippen molar-refractivity contribution in [2.75, 3.05) is 19.6 Å². The zero-order valence-electron chi connectivity index (χ0n) is 18.5. The van der Waals surface area contributed by atoms with E-state index >= 15 is 0 Å². The summed E-state index contributed by atoms with van der Waals surface area (Å²) in [6.45, 7) is 5.25. The second-order valence-corrected chi connectivity index (χ2v) is 8.88. The predicted octanol–water partition coefficient (Wildman–Crippen LogP) is 5.31. The van der Waals surface area contributed by atoms with Crippen LogP contribution in [0.3, 0.4) is 0 Å². The molecule has 0 radical (unpaired) electrons. The van der Waals surface area contributed by atoms with Crippen LogP contribution in [0.1, 0.15) is 49.7 Å². The monoisotopic (exact) mass is 414 g/mol. The largest absolute Gasteiger partial charge is 0.352 e. The highest BCUT2D eigenvalue weighted by atomic mass is 16.1. The van der Waals surface area contributed by atoms with Crippen molar-refractivity contribution in [2.24, 2.45) is 5.92 Å². The van der Waals surface area contributed by atoms with E-state index in [1.807, 2.05) is 6.08 Å². The fourth-order valence-electron chi connectivity index (χ4n) is 4.84. The van der Waals surface area contributed by atoms with Crippen molar-refractivity contribution in [1.82, 2.24) is 10.2 Å². The van der Waals surface area contributed by atoms with Crippen LogP contribution >= 0.6 is 0 Å². The predicted molar refractivity (Wildman–Crippen MR) is 128 cm³/mol. The fourth-order valence-corrected chi connectivity index (χ4v) is 4.84. The first-order valence-electron chi connectivity index (χ1n) is 11.7. The Kier molecular flexibility index (Phi) is 7.37. The molecule has 31 heavy (non-hydrogen) atoms. The van der Waals surface area contributed by atoms with E-state index in [4.69, 9.17) is 0 Å². The van der Waals surface area contributed by atoms with Crippen LogP contribution < -0.4 is 5.32 Å². The lowest BCUT2D eigenvalue weighted by atomic mass is 9.88. The lowest BCUT2D eigenvalue weighted by molar-refractivity contribution is -0.123. The summed E-state index contributed by atoms with van der Waals surface area (Å²) in [5.74, 6) is 0.508. The molecule has 1 amide bonds. The molecule has 2 aromatic rings. The standard InChI is InChI=1S/C28H34N2O/c1-22-10-8-9-15-26(22)28(31)29-25-16-19-30(20-17-25)21-18-27(23-11-4-2-5-12-23)24-13-6-3-7-14-24/h2-7,9-15,25-27H,8,16-21H2,1H3,(H,29,31). The summed E-state index contributed by atoms with van der Waals surface area (Å²) in [6, 6.07) is 22.0. The lowest BCUT2D eigenvalue weighted by Crippen LogP contribution is -2.46. The summed E-state index contributed by atoms with van der Waals surface area (Å²) in [4.78, 5) is 15.2. The molecule has 0 bridgehead atoms. The molecule has 1 aliphatic carbocycles. The molecule has 1 N–H and O–H groups in total. The van der Waals surface area contributed by atoms with E-state index < -0.39 is 0 Å². The highest BCUT2D eigenvalue weighted by molar-refractivity contribution is 5.83. The molecule has 2 aromatic carbocycles. The Balaban J connectivity index is 1.29. The smallest absolute Gasteiger partial charge is 0.231 e. The minimum atomic E-state index is -0.0794. The zero-order chi connectivity index (χ0) is 21.5. The summed E-state index contributed by atoms with van der Waals surface area (Å²) in [7, 11) is 0. The van der Waals surface area contributed by atoms with E-state index in [0.717, 1.165) is 45.3 Å². The lowest BCUT2D eigenvalue weighted by Gasteiger charge is -2.34. The number of likely N-dealkylation sites (tertiary alicyclic amines) is 1. The molecule has 1 heterocycles. The third-order valence-corrected chi connectivity index (χ3v) is 6.75. The van der Waals surface area contributed by atoms with E-state index in [-0.39, 0.29) is 11.8 Å². The van der Waals surface area contributed by atoms with Gasteiger partial charge in [0.2, 0.25) is 5.91 Å². The maximum atomic E-state index is 12.7. The minimum absolute atomic E-state index is 0.0794. The molecule has 1 aliphatic heterocycles. The van der Waals surface area contributed by atoms with E-state index in [1.54, 1.807) is 0 Å². The highest BCUT2D eigenvalue weighted by Crippen LogP contribution is 2.28. The Morgan fingerprint density at radius 1 is 1.00 bits per heavy atom. The summed E-state index contributed by atoms with van der Waals surface area (Å²) in [5.41, 5.74) is 3.95. The molecule has 1 atom stereocenters. The Morgan fingerprint density at radius 2 is 1.61 bits per heavy atom. The van der Waals surface area contributed by atoms with Gasteiger partial charge >= 0.3 is 0 Å². The van der Waals surface area contributed by atoms with Gasteiger partial charge in [-0.05, 0) is 50.3 Å². The Morgan fingerprint density at radius 3 is 2.19 bits per heavy atom. The Bertz CT molecular complexity index is 856. The molecule has 3 heteroatoms. The van der Waals surface area contributed by atoms with Gasteiger partial charge in [-0.3, -0.25) is 4.79 Å². The van der Waals surface area contributed by atoms with Crippen LogP contribution in [-0.4, -0.2) is 36.5 Å². The van der Waals surface area contributed by atoms with Crippen LogP contribution in [0, 0.1) is 5.92 Å². The fraction of sp³-hybridized carbons (Fsp3) is 0.393. The van der Waals surface area contributed by atoms with Gasteiger partial charge in [0, 0.05) is 25.0 Å². The third kappa shape index (κ3) is 5.74. The summed E-state index contributed by atoms with van der Waals surface area (Å²) < 4.78 is 0. The number of nitrogens with zero attached hydrogens (tertiary/aromatic N) is 1. The van der Waals surface area contributed by atoms with Gasteiger partial charge < -0.3 is 10.2 Å². The van der Waals surface area contributed by atoms with Crippen LogP contribution in [-0.2, 0) is 4.79 Å². The normalized spacial score (nSPS) is 19.9. The van der Waals surface area contributed by atoms with Gasteiger partial charge in [-0.2, -0.15) is 0 Å². The topological polar surface area (TPSA) is 32.3 Å². The Hall–Kier alpha value is -2.65. The second kappa shape index (κ2) is 10.6. The molecule has 1 fully saturated rings. The number of hydrogen-bond acceptors (Lipinski definition) is 2. The van der Waals surface area contributed by atoms with E-state index in [0.29, 0.717) is 12.0 Å². The van der Waals surface area contributed by atoms with Crippen LogP contribution in [0.5, 0.6) is 0 Å². The molecule has 3 nitrogen and oxygen atoms in total. The molecule has 2 aliphatic rings. The van der Waals surface area contributed by atoms with Gasteiger partial charge in [-0.15, -0.1) is 0 Å². The van der Waals surface area contributed by atoms with Crippen LogP contribution in [0.2, 0.25) is 0 Å². The molecule has 1 saturated heterocycles. The van der Waals surface area contributed by atoms with Gasteiger partial charge in [-0.25, -0.2) is 0 Å². The molecular weight excluding hydrogens is 380 g/mol. The van der Waals surface area contributed by atoms with Crippen molar-refractivity contribution in [2.45, 2.75) is 44.6 Å². The highest BCUT2D eigenvalue weighted by Gasteiger charge is 2.25. The van der Waals surface area contributed by atoms with E-state index in [1.165, 1.54) is 16.7 Å². The number of rotatable bonds is 7. The van der Waals surface area contributed by atoms with Gasteiger partial charge in [0.05, 0.1) is 5.92 Å². The third-order valence-electron chi connectivity index (χ3n) is 6.75. The maximum Gasteiger partial charge on any atom is 0.231 e. The van der Waals surface area contributed by atoms with E-state index in [2.05, 4.69) is 90.0 Å². The molecule has 0 aromatic heterocycles. The van der Waals surface area contributed by atoms with Crippen molar-refractivity contribution in [1.29, 1.82) is 0 Å².